The van der Waals surface area contributed by atoms with Crippen LogP contribution in [0.4, 0.5) is 0 Å². The minimum Gasteiger partial charge on any atom is -0.462 e. The Morgan fingerprint density at radius 1 is 1.14 bits per heavy atom. The van der Waals surface area contributed by atoms with Crippen molar-refractivity contribution in [1.29, 1.82) is 0 Å². The largest absolute Gasteiger partial charge is 0.462 e. The number of esters is 3. The quantitative estimate of drug-likeness (QED) is 0.411. The summed E-state index contributed by atoms with van der Waals surface area (Å²) in [7, 11) is 0. The molecule has 0 amide bonds. The molecule has 7 heteroatoms. The van der Waals surface area contributed by atoms with Crippen LogP contribution in [0.2, 0.25) is 0 Å². The van der Waals surface area contributed by atoms with E-state index in [0.717, 1.165) is 0 Å². The van der Waals surface area contributed by atoms with Gasteiger partial charge in [-0.1, -0.05) is 27.7 Å². The molecule has 3 rings (SSSR count). The molecule has 0 aromatic carbocycles. The minimum atomic E-state index is -0.465. The lowest BCUT2D eigenvalue weighted by Gasteiger charge is -2.34. The Morgan fingerprint density at radius 2 is 1.82 bits per heavy atom. The zero-order valence-electron chi connectivity index (χ0n) is 17.6. The molecule has 2 heterocycles. The maximum Gasteiger partial charge on any atom is 0.309 e. The molecule has 3 fully saturated rings. The normalized spacial score (nSPS) is 42.8. The van der Waals surface area contributed by atoms with Crippen molar-refractivity contribution in [2.24, 2.45) is 23.7 Å². The molecular formula is C21H32O7. The van der Waals surface area contributed by atoms with Crippen LogP contribution in [-0.2, 0) is 33.3 Å². The summed E-state index contributed by atoms with van der Waals surface area (Å²) in [6.45, 7) is 10.8. The monoisotopic (exact) mass is 396 g/mol. The highest BCUT2D eigenvalue weighted by molar-refractivity contribution is 5.75. The third kappa shape index (κ3) is 4.19. The van der Waals surface area contributed by atoms with E-state index in [9.17, 15) is 14.4 Å². The molecule has 0 aromatic rings. The maximum absolute atomic E-state index is 12.4. The second-order valence-corrected chi connectivity index (χ2v) is 9.19. The Kier molecular flexibility index (Phi) is 5.76. The Balaban J connectivity index is 1.90. The van der Waals surface area contributed by atoms with Gasteiger partial charge < -0.3 is 18.9 Å². The number of ether oxygens (including phenoxy) is 4. The van der Waals surface area contributed by atoms with Crippen LogP contribution in [0.1, 0.15) is 60.8 Å². The molecule has 7 nitrogen and oxygen atoms in total. The van der Waals surface area contributed by atoms with E-state index < -0.39 is 11.7 Å². The van der Waals surface area contributed by atoms with Gasteiger partial charge >= 0.3 is 17.9 Å². The van der Waals surface area contributed by atoms with Gasteiger partial charge in [0.15, 0.2) is 0 Å². The second kappa shape index (κ2) is 7.65. The Hall–Kier alpha value is -1.63. The lowest BCUT2D eigenvalue weighted by atomic mass is 9.77. The predicted molar refractivity (Wildman–Crippen MR) is 99.1 cm³/mol. The second-order valence-electron chi connectivity index (χ2n) is 9.19. The number of hydrogen-bond acceptors (Lipinski definition) is 7. The van der Waals surface area contributed by atoms with Crippen LogP contribution in [0.15, 0.2) is 0 Å². The number of rotatable bonds is 3. The Bertz CT molecular complexity index is 645. The smallest absolute Gasteiger partial charge is 0.309 e. The highest BCUT2D eigenvalue weighted by Gasteiger charge is 2.59. The first-order chi connectivity index (χ1) is 13.0. The third-order valence-corrected chi connectivity index (χ3v) is 6.46. The number of epoxide rings is 1. The number of hydrogen-bond donors (Lipinski definition) is 0. The van der Waals surface area contributed by atoms with E-state index in [4.69, 9.17) is 18.9 Å². The zero-order chi connectivity index (χ0) is 20.8. The van der Waals surface area contributed by atoms with Crippen molar-refractivity contribution in [3.05, 3.63) is 0 Å². The van der Waals surface area contributed by atoms with Crippen LogP contribution in [-0.4, -0.2) is 47.9 Å². The highest BCUT2D eigenvalue weighted by atomic mass is 16.6. The van der Waals surface area contributed by atoms with E-state index in [1.807, 2.05) is 20.8 Å². The molecule has 0 aromatic heterocycles. The van der Waals surface area contributed by atoms with Gasteiger partial charge in [-0.2, -0.15) is 0 Å². The summed E-state index contributed by atoms with van der Waals surface area (Å²) in [6.07, 6.45) is 0.451. The topological polar surface area (TPSA) is 91.4 Å². The van der Waals surface area contributed by atoms with E-state index in [0.29, 0.717) is 19.3 Å². The van der Waals surface area contributed by atoms with Crippen LogP contribution >= 0.6 is 0 Å². The number of carbonyl (C=O) groups is 3. The minimum absolute atomic E-state index is 0.0116. The van der Waals surface area contributed by atoms with Crippen molar-refractivity contribution in [2.45, 2.75) is 90.8 Å². The van der Waals surface area contributed by atoms with E-state index in [-0.39, 0.29) is 59.9 Å². The first kappa shape index (κ1) is 21.1. The summed E-state index contributed by atoms with van der Waals surface area (Å²) in [4.78, 5) is 36.3. The molecule has 1 aliphatic carbocycles. The molecule has 0 N–H and O–H groups in total. The van der Waals surface area contributed by atoms with Crippen molar-refractivity contribution >= 4 is 17.9 Å². The molecule has 1 saturated carbocycles. The summed E-state index contributed by atoms with van der Waals surface area (Å²) in [5.41, 5.74) is -0.465. The fraction of sp³-hybridized carbons (Fsp3) is 0.857. The highest BCUT2D eigenvalue weighted by Crippen LogP contribution is 2.49. The van der Waals surface area contributed by atoms with Crippen LogP contribution in [0.5, 0.6) is 0 Å². The fourth-order valence-corrected chi connectivity index (χ4v) is 4.63. The van der Waals surface area contributed by atoms with E-state index in [1.165, 1.54) is 6.92 Å². The van der Waals surface area contributed by atoms with Crippen molar-refractivity contribution in [1.82, 2.24) is 0 Å². The van der Waals surface area contributed by atoms with Crippen molar-refractivity contribution in [3.8, 4) is 0 Å². The lowest BCUT2D eigenvalue weighted by molar-refractivity contribution is -0.160. The summed E-state index contributed by atoms with van der Waals surface area (Å²) in [5, 5.41) is 0. The third-order valence-electron chi connectivity index (χ3n) is 6.46. The lowest BCUT2D eigenvalue weighted by Crippen LogP contribution is -2.42. The van der Waals surface area contributed by atoms with E-state index >= 15 is 0 Å². The molecule has 8 atom stereocenters. The van der Waals surface area contributed by atoms with Gasteiger partial charge in [0, 0.05) is 25.7 Å². The van der Waals surface area contributed by atoms with Crippen LogP contribution < -0.4 is 0 Å². The van der Waals surface area contributed by atoms with Gasteiger partial charge in [-0.15, -0.1) is 0 Å². The molecule has 158 valence electrons. The molecule has 0 radical (unpaired) electrons. The van der Waals surface area contributed by atoms with Gasteiger partial charge in [0.05, 0.1) is 23.5 Å². The summed E-state index contributed by atoms with van der Waals surface area (Å²) < 4.78 is 23.1. The molecule has 2 aliphatic heterocycles. The summed E-state index contributed by atoms with van der Waals surface area (Å²) >= 11 is 0. The van der Waals surface area contributed by atoms with Crippen LogP contribution in [0.25, 0.3) is 0 Å². The fourth-order valence-electron chi connectivity index (χ4n) is 4.63. The Morgan fingerprint density at radius 3 is 2.43 bits per heavy atom. The molecule has 28 heavy (non-hydrogen) atoms. The summed E-state index contributed by atoms with van der Waals surface area (Å²) in [5.74, 6) is -1.74. The van der Waals surface area contributed by atoms with Gasteiger partial charge in [0.1, 0.15) is 18.3 Å². The molecule has 4 unspecified atom stereocenters. The predicted octanol–water partition coefficient (Wildman–Crippen LogP) is 2.64. The molecule has 2 saturated heterocycles. The average Bonchev–Trinajstić information content (AvgIpc) is 3.11. The molecule has 0 spiro atoms. The van der Waals surface area contributed by atoms with Crippen molar-refractivity contribution < 1.29 is 33.3 Å². The maximum atomic E-state index is 12.4. The van der Waals surface area contributed by atoms with Crippen molar-refractivity contribution in [3.63, 3.8) is 0 Å². The first-order valence-corrected chi connectivity index (χ1v) is 10.3. The number of fused-ring (bicyclic) bond motifs is 2. The SMILES string of the molecule is CC(=O)OC1CC2OC2(C)CC(OC(=O)C(C)C)[C@H]2[C@H](C)C(=O)O[C@@H]2C[C@@H]1C. The van der Waals surface area contributed by atoms with E-state index in [2.05, 4.69) is 0 Å². The van der Waals surface area contributed by atoms with Gasteiger partial charge in [-0.05, 0) is 19.3 Å². The average molecular weight is 396 g/mol. The first-order valence-electron chi connectivity index (χ1n) is 10.3. The molecular weight excluding hydrogens is 364 g/mol. The number of carbonyl (C=O) groups excluding carboxylic acids is 3. The standard InChI is InChI=1S/C21H32O7/c1-10(2)19(23)27-16-9-21(6)17(28-21)8-14(25-13(5)22)11(3)7-15-18(16)12(4)20(24)26-15/h10-12,14-18H,7-9H2,1-6H3/t11-,12-,14?,15+,16?,17?,18-,21?/m0/s1. The Labute approximate surface area is 166 Å². The molecule has 3 aliphatic rings. The van der Waals surface area contributed by atoms with Gasteiger partial charge in [0.25, 0.3) is 0 Å². The van der Waals surface area contributed by atoms with Gasteiger partial charge in [0.2, 0.25) is 0 Å². The van der Waals surface area contributed by atoms with Crippen molar-refractivity contribution in [2.75, 3.05) is 0 Å². The molecule has 0 bridgehead atoms. The van der Waals surface area contributed by atoms with Crippen LogP contribution in [0, 0.1) is 23.7 Å². The van der Waals surface area contributed by atoms with Gasteiger partial charge in [-0.25, -0.2) is 0 Å². The van der Waals surface area contributed by atoms with Gasteiger partial charge in [-0.3, -0.25) is 14.4 Å². The zero-order valence-corrected chi connectivity index (χ0v) is 17.6. The summed E-state index contributed by atoms with van der Waals surface area (Å²) in [6, 6.07) is 0. The van der Waals surface area contributed by atoms with E-state index in [1.54, 1.807) is 13.8 Å². The van der Waals surface area contributed by atoms with Crippen LogP contribution in [0.3, 0.4) is 0 Å².